The van der Waals surface area contributed by atoms with E-state index in [1.165, 1.54) is 0 Å². The van der Waals surface area contributed by atoms with Crippen LogP contribution in [0, 0.1) is 17.8 Å². The van der Waals surface area contributed by atoms with Gasteiger partial charge in [0.05, 0.1) is 5.56 Å². The van der Waals surface area contributed by atoms with Crippen molar-refractivity contribution in [1.82, 2.24) is 0 Å². The lowest BCUT2D eigenvalue weighted by atomic mass is 9.63. The predicted molar refractivity (Wildman–Crippen MR) is 158 cm³/mol. The van der Waals surface area contributed by atoms with E-state index >= 15 is 0 Å². The van der Waals surface area contributed by atoms with Gasteiger partial charge in [-0.05, 0) is 77.3 Å². The van der Waals surface area contributed by atoms with Gasteiger partial charge < -0.3 is 40.0 Å². The Morgan fingerprint density at radius 1 is 0.778 bits per heavy atom. The minimum Gasteiger partial charge on any atom is -0.511 e. The number of primary amides is 1. The predicted octanol–water partition coefficient (Wildman–Crippen LogP) is 4.49. The van der Waals surface area contributed by atoms with Crippen LogP contribution in [0.25, 0.3) is 28.0 Å². The number of phenolic OH excluding ortho intramolecular Hbond substituents is 1. The van der Waals surface area contributed by atoms with Crippen LogP contribution in [0.5, 0.6) is 28.7 Å². The number of carbonyl (C=O) groups excluding carboxylic acids is 3. The summed E-state index contributed by atoms with van der Waals surface area (Å²) < 4.78 is 22.2. The number of aliphatic hydroxyl groups is 2. The molecule has 2 aliphatic heterocycles. The maximum atomic E-state index is 14.1. The summed E-state index contributed by atoms with van der Waals surface area (Å²) >= 11 is 0. The lowest BCUT2D eigenvalue weighted by Crippen LogP contribution is -2.38. The Labute approximate surface area is 256 Å². The first kappa shape index (κ1) is 27.1. The van der Waals surface area contributed by atoms with Gasteiger partial charge in [0.15, 0.2) is 34.6 Å². The molecule has 1 saturated carbocycles. The van der Waals surface area contributed by atoms with Crippen molar-refractivity contribution in [3.63, 3.8) is 0 Å². The van der Waals surface area contributed by atoms with Crippen LogP contribution < -0.4 is 24.7 Å². The number of carbonyl (C=O) groups is 3. The van der Waals surface area contributed by atoms with Crippen LogP contribution in [-0.4, -0.2) is 46.4 Å². The number of benzene rings is 3. The number of aliphatic hydroxyl groups excluding tert-OH is 2. The molecular formula is C34H27NO10. The lowest BCUT2D eigenvalue weighted by molar-refractivity contribution is -0.124. The number of fused-ring (bicyclic) bond motifs is 5. The van der Waals surface area contributed by atoms with Gasteiger partial charge in [-0.25, -0.2) is 0 Å². The molecule has 1 fully saturated rings. The van der Waals surface area contributed by atoms with Crippen molar-refractivity contribution < 1.29 is 48.7 Å². The van der Waals surface area contributed by atoms with Gasteiger partial charge in [0.25, 0.3) is 5.91 Å². The van der Waals surface area contributed by atoms with E-state index in [0.717, 1.165) is 5.56 Å². The minimum absolute atomic E-state index is 0.0766. The Morgan fingerprint density at radius 3 is 2.04 bits per heavy atom. The fraction of sp³-hybridized carbons (Fsp3) is 0.265. The molecule has 5 aliphatic rings. The van der Waals surface area contributed by atoms with Crippen LogP contribution in [0.2, 0.25) is 0 Å². The molecule has 0 aromatic heterocycles. The quantitative estimate of drug-likeness (QED) is 0.310. The molecule has 3 unspecified atom stereocenters. The molecule has 0 bridgehead atoms. The van der Waals surface area contributed by atoms with Crippen LogP contribution in [0.1, 0.15) is 30.4 Å². The highest BCUT2D eigenvalue weighted by Gasteiger charge is 2.48. The number of aromatic hydroxyl groups is 1. The normalized spacial score (nSPS) is 23.0. The van der Waals surface area contributed by atoms with Crippen molar-refractivity contribution in [2.45, 2.75) is 25.7 Å². The molecule has 3 atom stereocenters. The highest BCUT2D eigenvalue weighted by molar-refractivity contribution is 6.20. The van der Waals surface area contributed by atoms with Crippen molar-refractivity contribution in [3.8, 4) is 51.0 Å². The van der Waals surface area contributed by atoms with Crippen LogP contribution >= 0.6 is 0 Å². The van der Waals surface area contributed by atoms with Gasteiger partial charge in [0, 0.05) is 29.9 Å². The monoisotopic (exact) mass is 609 g/mol. The molecule has 3 aromatic carbocycles. The molecule has 11 nitrogen and oxygen atoms in total. The van der Waals surface area contributed by atoms with Crippen LogP contribution in [-0.2, 0) is 20.8 Å². The molecule has 2 heterocycles. The molecule has 0 spiro atoms. The minimum atomic E-state index is -1.04. The maximum absolute atomic E-state index is 14.1. The number of hydrogen-bond donors (Lipinski definition) is 4. The molecule has 1 amide bonds. The van der Waals surface area contributed by atoms with Gasteiger partial charge in [-0.1, -0.05) is 12.1 Å². The number of ether oxygens (including phenoxy) is 4. The van der Waals surface area contributed by atoms with Crippen molar-refractivity contribution in [2.24, 2.45) is 23.5 Å². The summed E-state index contributed by atoms with van der Waals surface area (Å²) in [6.07, 6.45) is 0.277. The van der Waals surface area contributed by atoms with Gasteiger partial charge in [-0.2, -0.15) is 0 Å². The van der Waals surface area contributed by atoms with Crippen LogP contribution in [0.3, 0.4) is 0 Å². The molecule has 3 aromatic rings. The third-order valence-electron chi connectivity index (χ3n) is 9.56. The average Bonchev–Trinajstić information content (AvgIpc) is 3.65. The highest BCUT2D eigenvalue weighted by Crippen LogP contribution is 2.53. The van der Waals surface area contributed by atoms with Gasteiger partial charge in [0.2, 0.25) is 13.6 Å². The summed E-state index contributed by atoms with van der Waals surface area (Å²) in [4.78, 5) is 38.9. The van der Waals surface area contributed by atoms with E-state index in [1.807, 2.05) is 18.2 Å². The van der Waals surface area contributed by atoms with Gasteiger partial charge in [-0.3, -0.25) is 14.4 Å². The van der Waals surface area contributed by atoms with Crippen LogP contribution in [0.4, 0.5) is 0 Å². The third kappa shape index (κ3) is 4.07. The topological polar surface area (TPSA) is 175 Å². The van der Waals surface area contributed by atoms with E-state index < -0.39 is 46.6 Å². The summed E-state index contributed by atoms with van der Waals surface area (Å²) in [7, 11) is 0. The van der Waals surface area contributed by atoms with E-state index in [0.29, 0.717) is 58.1 Å². The first-order valence-corrected chi connectivity index (χ1v) is 14.6. The molecule has 45 heavy (non-hydrogen) atoms. The standard InChI is InChI=1S/C34H27NO10/c35-34(41)30-22(36)7-16-5-17-6-21-18(14-1-3-24-26(8-14)44-12-42-24)10-19(15-2-4-25-27(9-15)45-13-43-25)32(39)29(21)33(40)28(17)31(38)20(16)11-23(30)37/h1-4,8-10,16-17,20,37,39-40H,5-7,11-13H2,(H2,35,41). The van der Waals surface area contributed by atoms with Crippen molar-refractivity contribution in [1.29, 1.82) is 0 Å². The molecular weight excluding hydrogens is 582 g/mol. The highest BCUT2D eigenvalue weighted by atomic mass is 16.7. The average molecular weight is 610 g/mol. The molecule has 3 aliphatic carbocycles. The number of rotatable bonds is 3. The largest absolute Gasteiger partial charge is 0.511 e. The van der Waals surface area contributed by atoms with E-state index in [1.54, 1.807) is 24.3 Å². The maximum Gasteiger partial charge on any atom is 0.255 e. The Bertz CT molecular complexity index is 1940. The summed E-state index contributed by atoms with van der Waals surface area (Å²) in [6.45, 7) is 0.169. The number of amides is 1. The second-order valence-corrected chi connectivity index (χ2v) is 12.0. The zero-order valence-corrected chi connectivity index (χ0v) is 23.8. The molecule has 228 valence electrons. The second-order valence-electron chi connectivity index (χ2n) is 12.0. The number of Topliss-reactive ketones (excluding diaryl/α,β-unsaturated/α-hetero) is 2. The van der Waals surface area contributed by atoms with Crippen molar-refractivity contribution in [2.75, 3.05) is 13.6 Å². The van der Waals surface area contributed by atoms with Gasteiger partial charge in [-0.15, -0.1) is 0 Å². The summed E-state index contributed by atoms with van der Waals surface area (Å²) in [6, 6.07) is 12.6. The number of allylic oxidation sites excluding steroid dienone is 2. The van der Waals surface area contributed by atoms with Crippen molar-refractivity contribution in [3.05, 3.63) is 70.5 Å². The molecule has 5 N–H and O–H groups in total. The summed E-state index contributed by atoms with van der Waals surface area (Å²) in [5.74, 6) is -2.68. The zero-order chi connectivity index (χ0) is 31.1. The molecule has 0 saturated heterocycles. The summed E-state index contributed by atoms with van der Waals surface area (Å²) in [5.41, 5.74) is 8.28. The van der Waals surface area contributed by atoms with Gasteiger partial charge in [0.1, 0.15) is 22.8 Å². The smallest absolute Gasteiger partial charge is 0.255 e. The lowest BCUT2D eigenvalue weighted by Gasteiger charge is -2.39. The third-order valence-corrected chi connectivity index (χ3v) is 9.56. The Kier molecular flexibility index (Phi) is 5.90. The molecule has 11 heteroatoms. The van der Waals surface area contributed by atoms with Gasteiger partial charge >= 0.3 is 0 Å². The fourth-order valence-electron chi connectivity index (χ4n) is 7.50. The summed E-state index contributed by atoms with van der Waals surface area (Å²) in [5, 5.41) is 34.3. The second kappa shape index (κ2) is 9.78. The SMILES string of the molecule is NC(=O)C1=C(O)CC2C(=O)C3=C(O)c4c(O)c(-c5ccc6c(c5)OCO6)cc(-c5ccc6c(c5)OCO6)c4CC3CC2CC1=O. The number of phenols is 1. The van der Waals surface area contributed by atoms with Crippen molar-refractivity contribution >= 4 is 23.2 Å². The first-order chi connectivity index (χ1) is 21.7. The van der Waals surface area contributed by atoms with E-state index in [9.17, 15) is 29.7 Å². The first-order valence-electron chi connectivity index (χ1n) is 14.6. The number of ketones is 2. The number of hydrogen-bond acceptors (Lipinski definition) is 10. The van der Waals surface area contributed by atoms with E-state index in [2.05, 4.69) is 0 Å². The van der Waals surface area contributed by atoms with E-state index in [4.69, 9.17) is 24.7 Å². The number of nitrogens with two attached hydrogens (primary N) is 1. The van der Waals surface area contributed by atoms with E-state index in [-0.39, 0.29) is 49.1 Å². The Morgan fingerprint density at radius 2 is 1.40 bits per heavy atom. The molecule has 0 radical (unpaired) electrons. The Balaban J connectivity index is 1.31. The zero-order valence-electron chi connectivity index (χ0n) is 23.8. The fourth-order valence-corrected chi connectivity index (χ4v) is 7.50. The Hall–Kier alpha value is -5.45. The molecule has 8 rings (SSSR count). The van der Waals surface area contributed by atoms with Crippen LogP contribution in [0.15, 0.2) is 59.4 Å².